The van der Waals surface area contributed by atoms with Gasteiger partial charge in [0.2, 0.25) is 0 Å². The van der Waals surface area contributed by atoms with Gasteiger partial charge in [-0.3, -0.25) is 0 Å². The van der Waals surface area contributed by atoms with Crippen LogP contribution in [0.5, 0.6) is 0 Å². The minimum absolute atomic E-state index is 1.15. The van der Waals surface area contributed by atoms with E-state index in [1.54, 1.807) is 0 Å². The lowest BCUT2D eigenvalue weighted by atomic mass is 9.94. The van der Waals surface area contributed by atoms with Crippen molar-refractivity contribution in [2.45, 2.75) is 0 Å². The molecule has 58 heavy (non-hydrogen) atoms. The summed E-state index contributed by atoms with van der Waals surface area (Å²) in [5.74, 6) is 0. The zero-order chi connectivity index (χ0) is 37.9. The molecule has 12 aromatic rings. The molecule has 0 bridgehead atoms. The minimum Gasteiger partial charge on any atom is -0.309 e. The molecular weight excluding hydrogens is 701 g/mol. The normalized spacial score (nSPS) is 12.1. The van der Waals surface area contributed by atoms with Crippen LogP contribution >= 0.6 is 0 Å². The topological polar surface area (TPSA) is 9.86 Å². The Morgan fingerprint density at radius 1 is 0.259 bits per heavy atom. The number of hydrogen-bond acceptors (Lipinski definition) is 0. The average molecular weight is 735 g/mol. The second-order valence-electron chi connectivity index (χ2n) is 15.7. The van der Waals surface area contributed by atoms with E-state index in [2.05, 4.69) is 215 Å². The molecule has 0 atom stereocenters. The number of para-hydroxylation sites is 2. The van der Waals surface area contributed by atoms with Crippen molar-refractivity contribution in [3.8, 4) is 55.9 Å². The first-order valence-electron chi connectivity index (χ1n) is 20.1. The van der Waals surface area contributed by atoms with E-state index in [0.29, 0.717) is 0 Å². The molecule has 0 saturated heterocycles. The first kappa shape index (κ1) is 31.5. The molecule has 13 rings (SSSR count). The lowest BCUT2D eigenvalue weighted by Crippen LogP contribution is -1.95. The molecular formula is C56H34N2. The van der Waals surface area contributed by atoms with E-state index in [0.717, 1.165) is 11.4 Å². The fourth-order valence-corrected chi connectivity index (χ4v) is 10.1. The number of fused-ring (bicyclic) bond motifs is 11. The molecule has 0 aliphatic heterocycles. The van der Waals surface area contributed by atoms with Gasteiger partial charge in [0.25, 0.3) is 0 Å². The number of aromatic nitrogens is 2. The van der Waals surface area contributed by atoms with Gasteiger partial charge in [-0.15, -0.1) is 0 Å². The van der Waals surface area contributed by atoms with E-state index < -0.39 is 0 Å². The third kappa shape index (κ3) is 4.37. The van der Waals surface area contributed by atoms with Crippen molar-refractivity contribution in [1.82, 2.24) is 9.13 Å². The van der Waals surface area contributed by atoms with Crippen LogP contribution in [0.4, 0.5) is 0 Å². The summed E-state index contributed by atoms with van der Waals surface area (Å²) in [7, 11) is 0. The third-order valence-corrected chi connectivity index (χ3v) is 12.7. The van der Waals surface area contributed by atoms with Crippen LogP contribution in [0.15, 0.2) is 206 Å². The molecule has 0 spiro atoms. The Labute approximate surface area is 335 Å². The van der Waals surface area contributed by atoms with Gasteiger partial charge in [-0.1, -0.05) is 164 Å². The van der Waals surface area contributed by atoms with E-state index in [1.165, 1.54) is 110 Å². The van der Waals surface area contributed by atoms with Crippen molar-refractivity contribution < 1.29 is 0 Å². The van der Waals surface area contributed by atoms with Gasteiger partial charge < -0.3 is 9.13 Å². The summed E-state index contributed by atoms with van der Waals surface area (Å²) in [4.78, 5) is 0. The van der Waals surface area contributed by atoms with Crippen molar-refractivity contribution in [2.75, 3.05) is 0 Å². The van der Waals surface area contributed by atoms with Crippen molar-refractivity contribution in [3.63, 3.8) is 0 Å². The number of hydrogen-bond donors (Lipinski definition) is 0. The molecule has 0 amide bonds. The van der Waals surface area contributed by atoms with Crippen LogP contribution in [0, 0.1) is 0 Å². The molecule has 0 N–H and O–H groups in total. The monoisotopic (exact) mass is 734 g/mol. The quantitative estimate of drug-likeness (QED) is 0.170. The zero-order valence-electron chi connectivity index (χ0n) is 31.5. The summed E-state index contributed by atoms with van der Waals surface area (Å²) in [5, 5.41) is 10.2. The van der Waals surface area contributed by atoms with E-state index >= 15 is 0 Å². The molecule has 1 aliphatic rings. The van der Waals surface area contributed by atoms with Crippen molar-refractivity contribution in [1.29, 1.82) is 0 Å². The van der Waals surface area contributed by atoms with Crippen LogP contribution in [-0.4, -0.2) is 9.13 Å². The van der Waals surface area contributed by atoms with Crippen LogP contribution in [-0.2, 0) is 0 Å². The summed E-state index contributed by atoms with van der Waals surface area (Å²) in [6, 6.07) is 76.2. The molecule has 268 valence electrons. The Bertz CT molecular complexity index is 3630. The highest BCUT2D eigenvalue weighted by Crippen LogP contribution is 2.49. The Hall–Kier alpha value is -7.68. The average Bonchev–Trinajstić information content (AvgIpc) is 3.93. The maximum Gasteiger partial charge on any atom is 0.0619 e. The highest BCUT2D eigenvalue weighted by atomic mass is 15.0. The lowest BCUT2D eigenvalue weighted by molar-refractivity contribution is 1.18. The van der Waals surface area contributed by atoms with Crippen molar-refractivity contribution in [3.05, 3.63) is 206 Å². The van der Waals surface area contributed by atoms with Gasteiger partial charge >= 0.3 is 0 Å². The van der Waals surface area contributed by atoms with Crippen LogP contribution in [0.3, 0.4) is 0 Å². The van der Waals surface area contributed by atoms with Crippen molar-refractivity contribution >= 4 is 65.2 Å². The summed E-state index contributed by atoms with van der Waals surface area (Å²) in [6.45, 7) is 0. The second kappa shape index (κ2) is 11.9. The Kier molecular flexibility index (Phi) is 6.47. The largest absolute Gasteiger partial charge is 0.309 e. The van der Waals surface area contributed by atoms with Crippen LogP contribution < -0.4 is 0 Å². The maximum absolute atomic E-state index is 2.45. The zero-order valence-corrected chi connectivity index (χ0v) is 31.5. The predicted octanol–water partition coefficient (Wildman–Crippen LogP) is 15.2. The highest BCUT2D eigenvalue weighted by molar-refractivity contribution is 6.20. The summed E-state index contributed by atoms with van der Waals surface area (Å²) >= 11 is 0. The molecule has 10 aromatic carbocycles. The SMILES string of the molecule is c1ccc(-n2c3cc(-c4ccc5c6ccccc6n(-c6ccc(-c7ccc8c9c(cccc79)-c7ccccc7-8)cc6)c5c4)ccc3c3ccc4ccccc4c32)cc1. The number of rotatable bonds is 4. The van der Waals surface area contributed by atoms with Crippen LogP contribution in [0.25, 0.3) is 121 Å². The van der Waals surface area contributed by atoms with Gasteiger partial charge in [0.1, 0.15) is 0 Å². The molecule has 1 aliphatic carbocycles. The van der Waals surface area contributed by atoms with E-state index in [-0.39, 0.29) is 0 Å². The van der Waals surface area contributed by atoms with Gasteiger partial charge in [-0.2, -0.15) is 0 Å². The first-order chi connectivity index (χ1) is 28.8. The molecule has 0 fully saturated rings. The second-order valence-corrected chi connectivity index (χ2v) is 15.7. The van der Waals surface area contributed by atoms with E-state index in [9.17, 15) is 0 Å². The van der Waals surface area contributed by atoms with Gasteiger partial charge in [-0.25, -0.2) is 0 Å². The Morgan fingerprint density at radius 2 is 0.793 bits per heavy atom. The van der Waals surface area contributed by atoms with Crippen molar-refractivity contribution in [2.24, 2.45) is 0 Å². The van der Waals surface area contributed by atoms with Gasteiger partial charge in [-0.05, 0) is 103 Å². The molecule has 2 aromatic heterocycles. The first-order valence-corrected chi connectivity index (χ1v) is 20.1. The smallest absolute Gasteiger partial charge is 0.0619 e. The van der Waals surface area contributed by atoms with Gasteiger partial charge in [0, 0.05) is 38.3 Å². The molecule has 0 unspecified atom stereocenters. The molecule has 2 heterocycles. The molecule has 2 nitrogen and oxygen atoms in total. The van der Waals surface area contributed by atoms with Crippen LogP contribution in [0.2, 0.25) is 0 Å². The highest BCUT2D eigenvalue weighted by Gasteiger charge is 2.23. The Balaban J connectivity index is 0.971. The standard InChI is InChI=1S/C56H34N2/c1-2-12-39(13-3-1)58-54-34-38(25-29-47(54)51-30-23-35-11-4-5-14-42(35)56(51)58)37-24-28-46-45-17-8-9-20-52(45)57(53(46)33-37)40-26-21-36(22-27-40)41-31-32-50-44-16-7-6-15-43(44)49-19-10-18-48(41)55(49)50/h1-34H. The summed E-state index contributed by atoms with van der Waals surface area (Å²) < 4.78 is 4.89. The number of benzene rings is 10. The van der Waals surface area contributed by atoms with Crippen LogP contribution in [0.1, 0.15) is 0 Å². The summed E-state index contributed by atoms with van der Waals surface area (Å²) in [5.41, 5.74) is 17.4. The Morgan fingerprint density at radius 3 is 1.59 bits per heavy atom. The fourth-order valence-electron chi connectivity index (χ4n) is 10.1. The van der Waals surface area contributed by atoms with E-state index in [4.69, 9.17) is 0 Å². The fraction of sp³-hybridized carbons (Fsp3) is 0. The molecule has 2 heteroatoms. The molecule has 0 saturated carbocycles. The summed E-state index contributed by atoms with van der Waals surface area (Å²) in [6.07, 6.45) is 0. The minimum atomic E-state index is 1.15. The number of nitrogens with zero attached hydrogens (tertiary/aromatic N) is 2. The lowest BCUT2D eigenvalue weighted by Gasteiger charge is -2.13. The third-order valence-electron chi connectivity index (χ3n) is 12.7. The van der Waals surface area contributed by atoms with Gasteiger partial charge in [0.15, 0.2) is 0 Å². The predicted molar refractivity (Wildman–Crippen MR) is 245 cm³/mol. The van der Waals surface area contributed by atoms with E-state index in [1.807, 2.05) is 0 Å². The maximum atomic E-state index is 2.45. The molecule has 0 radical (unpaired) electrons. The van der Waals surface area contributed by atoms with Gasteiger partial charge in [0.05, 0.1) is 22.1 Å².